The number of rotatable bonds is 0. The second kappa shape index (κ2) is 1.70. The van der Waals surface area contributed by atoms with Crippen LogP contribution in [-0.2, 0) is 0 Å². The molecule has 3 N–H and O–H groups in total. The molecule has 0 saturated carbocycles. The molecule has 0 bridgehead atoms. The van der Waals surface area contributed by atoms with Crippen molar-refractivity contribution in [3.05, 3.63) is 0 Å². The van der Waals surface area contributed by atoms with E-state index in [0.717, 1.165) is 5.84 Å². The molecule has 1 rings (SSSR count). The summed E-state index contributed by atoms with van der Waals surface area (Å²) in [6.45, 7) is 0.594. The topological polar surface area (TPSA) is 62.8 Å². The minimum absolute atomic E-state index is 0.594. The van der Waals surface area contributed by atoms with Gasteiger partial charge in [0, 0.05) is 0 Å². The maximum Gasteiger partial charge on any atom is 0.139 e. The number of hydrazine groups is 1. The van der Waals surface area contributed by atoms with Crippen LogP contribution in [0.25, 0.3) is 0 Å². The van der Waals surface area contributed by atoms with E-state index in [0.29, 0.717) is 6.54 Å². The van der Waals surface area contributed by atoms with Crippen molar-refractivity contribution in [2.45, 2.75) is 0 Å². The molecule has 0 aliphatic carbocycles. The summed E-state index contributed by atoms with van der Waals surface area (Å²) in [4.78, 5) is 7.51. The molecule has 0 radical (unpaired) electrons. The highest BCUT2D eigenvalue weighted by atomic mass is 15.3. The van der Waals surface area contributed by atoms with Crippen molar-refractivity contribution in [1.29, 1.82) is 0 Å². The summed E-state index contributed by atoms with van der Waals surface area (Å²) in [5.41, 5.74) is 2.39. The van der Waals surface area contributed by atoms with Crippen molar-refractivity contribution in [2.75, 3.05) is 6.54 Å². The van der Waals surface area contributed by atoms with E-state index in [1.807, 2.05) is 0 Å². The standard InChI is InChI=1S/C3H6N4/c4-7-3-1-5-2-6-3/h2H,1,4H2,(H,5,6,7). The normalized spacial score (nSPS) is 17.0. The van der Waals surface area contributed by atoms with Crippen molar-refractivity contribution in [3.63, 3.8) is 0 Å². The van der Waals surface area contributed by atoms with E-state index in [1.54, 1.807) is 0 Å². The number of aliphatic imine (C=N–C) groups is 2. The smallest absolute Gasteiger partial charge is 0.139 e. The highest BCUT2D eigenvalue weighted by Gasteiger charge is 1.94. The highest BCUT2D eigenvalue weighted by Crippen LogP contribution is 1.80. The zero-order valence-corrected chi connectivity index (χ0v) is 3.76. The van der Waals surface area contributed by atoms with Crippen LogP contribution in [0.4, 0.5) is 0 Å². The van der Waals surface area contributed by atoms with E-state index in [1.165, 1.54) is 6.34 Å². The number of amidine groups is 1. The molecule has 0 unspecified atom stereocenters. The predicted molar refractivity (Wildman–Crippen MR) is 28.1 cm³/mol. The summed E-state index contributed by atoms with van der Waals surface area (Å²) in [7, 11) is 0. The van der Waals surface area contributed by atoms with Crippen LogP contribution in [0.15, 0.2) is 9.98 Å². The number of nitrogens with zero attached hydrogens (tertiary/aromatic N) is 2. The molecule has 0 fully saturated rings. The lowest BCUT2D eigenvalue weighted by molar-refractivity contribution is 1.01. The van der Waals surface area contributed by atoms with Crippen molar-refractivity contribution in [2.24, 2.45) is 15.8 Å². The lowest BCUT2D eigenvalue weighted by atomic mass is 10.6. The Morgan fingerprint density at radius 3 is 3.00 bits per heavy atom. The van der Waals surface area contributed by atoms with Crippen LogP contribution in [-0.4, -0.2) is 18.7 Å². The number of hydrogen-bond donors (Lipinski definition) is 2. The van der Waals surface area contributed by atoms with Gasteiger partial charge in [0.05, 0.1) is 6.54 Å². The van der Waals surface area contributed by atoms with Gasteiger partial charge in [0.1, 0.15) is 12.2 Å². The van der Waals surface area contributed by atoms with Gasteiger partial charge >= 0.3 is 0 Å². The van der Waals surface area contributed by atoms with Crippen LogP contribution in [0.2, 0.25) is 0 Å². The molecule has 0 aromatic heterocycles. The zero-order valence-electron chi connectivity index (χ0n) is 3.76. The molecule has 0 aromatic rings. The van der Waals surface area contributed by atoms with E-state index in [2.05, 4.69) is 15.4 Å². The molecular formula is C3H6N4. The Labute approximate surface area is 41.1 Å². The van der Waals surface area contributed by atoms with Gasteiger partial charge in [-0.05, 0) is 0 Å². The third-order valence-electron chi connectivity index (χ3n) is 0.703. The van der Waals surface area contributed by atoms with Crippen molar-refractivity contribution >= 4 is 12.2 Å². The number of hydrogen-bond acceptors (Lipinski definition) is 4. The van der Waals surface area contributed by atoms with Crippen LogP contribution >= 0.6 is 0 Å². The molecule has 1 heterocycles. The summed E-state index contributed by atoms with van der Waals surface area (Å²) >= 11 is 0. The Hall–Kier alpha value is -0.900. The quantitative estimate of drug-likeness (QED) is 0.298. The summed E-state index contributed by atoms with van der Waals surface area (Å²) < 4.78 is 0. The van der Waals surface area contributed by atoms with Gasteiger partial charge < -0.3 is 5.43 Å². The van der Waals surface area contributed by atoms with Crippen LogP contribution in [0.3, 0.4) is 0 Å². The summed E-state index contributed by atoms with van der Waals surface area (Å²) in [5.74, 6) is 5.70. The summed E-state index contributed by atoms with van der Waals surface area (Å²) in [6.07, 6.45) is 1.48. The SMILES string of the molecule is NNC1=NC=NC1. The first-order valence-corrected chi connectivity index (χ1v) is 1.95. The summed E-state index contributed by atoms with van der Waals surface area (Å²) in [5, 5.41) is 0. The molecule has 7 heavy (non-hydrogen) atoms. The third-order valence-corrected chi connectivity index (χ3v) is 0.703. The Balaban J connectivity index is 2.45. The van der Waals surface area contributed by atoms with E-state index in [4.69, 9.17) is 5.84 Å². The minimum atomic E-state index is 0.594. The lowest BCUT2D eigenvalue weighted by Gasteiger charge is -1.90. The molecule has 0 atom stereocenters. The Bertz CT molecular complexity index is 114. The first kappa shape index (κ1) is 4.26. The largest absolute Gasteiger partial charge is 0.310 e. The van der Waals surface area contributed by atoms with Gasteiger partial charge in [0.2, 0.25) is 0 Å². The maximum absolute atomic E-state index is 4.97. The fourth-order valence-corrected chi connectivity index (χ4v) is 0.362. The second-order valence-electron chi connectivity index (χ2n) is 1.18. The zero-order chi connectivity index (χ0) is 5.11. The molecule has 0 spiro atoms. The average Bonchev–Trinajstić information content (AvgIpc) is 2.14. The van der Waals surface area contributed by atoms with Gasteiger partial charge in [-0.3, -0.25) is 4.99 Å². The van der Waals surface area contributed by atoms with Gasteiger partial charge in [0.15, 0.2) is 0 Å². The van der Waals surface area contributed by atoms with Gasteiger partial charge in [-0.25, -0.2) is 10.8 Å². The highest BCUT2D eigenvalue weighted by molar-refractivity contribution is 5.94. The molecule has 0 aromatic carbocycles. The van der Waals surface area contributed by atoms with E-state index in [9.17, 15) is 0 Å². The molecule has 0 amide bonds. The van der Waals surface area contributed by atoms with Crippen LogP contribution in [0, 0.1) is 0 Å². The minimum Gasteiger partial charge on any atom is -0.310 e. The van der Waals surface area contributed by atoms with E-state index < -0.39 is 0 Å². The fraction of sp³-hybridized carbons (Fsp3) is 0.333. The average molecular weight is 98.1 g/mol. The van der Waals surface area contributed by atoms with Crippen LogP contribution < -0.4 is 11.3 Å². The maximum atomic E-state index is 4.97. The van der Waals surface area contributed by atoms with Crippen molar-refractivity contribution in [3.8, 4) is 0 Å². The first-order valence-electron chi connectivity index (χ1n) is 1.95. The summed E-state index contributed by atoms with van der Waals surface area (Å²) in [6, 6.07) is 0. The van der Waals surface area contributed by atoms with E-state index in [-0.39, 0.29) is 0 Å². The molecule has 4 heteroatoms. The molecule has 0 saturated heterocycles. The van der Waals surface area contributed by atoms with Gasteiger partial charge in [-0.1, -0.05) is 0 Å². The lowest BCUT2D eigenvalue weighted by Crippen LogP contribution is -2.30. The molecule has 4 nitrogen and oxygen atoms in total. The predicted octanol–water partition coefficient (Wildman–Crippen LogP) is -1.11. The van der Waals surface area contributed by atoms with Crippen molar-refractivity contribution in [1.82, 2.24) is 5.43 Å². The van der Waals surface area contributed by atoms with Crippen LogP contribution in [0.1, 0.15) is 0 Å². The Morgan fingerprint density at radius 2 is 2.71 bits per heavy atom. The Morgan fingerprint density at radius 1 is 1.86 bits per heavy atom. The van der Waals surface area contributed by atoms with Crippen LogP contribution in [0.5, 0.6) is 0 Å². The van der Waals surface area contributed by atoms with Gasteiger partial charge in [0.25, 0.3) is 0 Å². The molecule has 38 valence electrons. The number of nitrogens with one attached hydrogen (secondary N) is 1. The monoisotopic (exact) mass is 98.1 g/mol. The van der Waals surface area contributed by atoms with Gasteiger partial charge in [-0.15, -0.1) is 0 Å². The van der Waals surface area contributed by atoms with Crippen molar-refractivity contribution < 1.29 is 0 Å². The molecule has 1 aliphatic heterocycles. The Kier molecular flexibility index (Phi) is 1.04. The van der Waals surface area contributed by atoms with E-state index >= 15 is 0 Å². The second-order valence-corrected chi connectivity index (χ2v) is 1.18. The molecular weight excluding hydrogens is 92.1 g/mol. The molecule has 1 aliphatic rings. The fourth-order valence-electron chi connectivity index (χ4n) is 0.362. The third kappa shape index (κ3) is 0.747. The number of nitrogens with two attached hydrogens (primary N) is 1. The van der Waals surface area contributed by atoms with Gasteiger partial charge in [-0.2, -0.15) is 0 Å². The first-order chi connectivity index (χ1) is 3.43.